The summed E-state index contributed by atoms with van der Waals surface area (Å²) < 4.78 is 2.35. The quantitative estimate of drug-likeness (QED) is 0.287. The van der Waals surface area contributed by atoms with Gasteiger partial charge in [-0.1, -0.05) is 72.8 Å². The molecule has 0 spiro atoms. The van der Waals surface area contributed by atoms with Gasteiger partial charge >= 0.3 is 0 Å². The molecule has 0 aliphatic rings. The van der Waals surface area contributed by atoms with Gasteiger partial charge in [-0.15, -0.1) is 0 Å². The molecule has 0 saturated heterocycles. The van der Waals surface area contributed by atoms with E-state index < -0.39 is 0 Å². The van der Waals surface area contributed by atoms with Crippen LogP contribution in [0.4, 0.5) is 5.69 Å². The second-order valence-electron chi connectivity index (χ2n) is 8.54. The lowest BCUT2D eigenvalue weighted by Crippen LogP contribution is -1.93. The van der Waals surface area contributed by atoms with Crippen LogP contribution in [0.1, 0.15) is 5.56 Å². The predicted molar refractivity (Wildman–Crippen MR) is 141 cm³/mol. The molecule has 1 aromatic heterocycles. The fourth-order valence-corrected chi connectivity index (χ4v) is 4.84. The molecule has 6 rings (SSSR count). The Labute approximate surface area is 193 Å². The smallest absolute Gasteiger partial charge is 0.0541 e. The molecule has 2 heteroatoms. The van der Waals surface area contributed by atoms with E-state index in [-0.39, 0.29) is 0 Å². The van der Waals surface area contributed by atoms with E-state index in [0.29, 0.717) is 0 Å². The Morgan fingerprint density at radius 1 is 0.545 bits per heavy atom. The average molecular weight is 425 g/mol. The van der Waals surface area contributed by atoms with Crippen molar-refractivity contribution >= 4 is 27.5 Å². The second-order valence-corrected chi connectivity index (χ2v) is 8.54. The van der Waals surface area contributed by atoms with E-state index in [2.05, 4.69) is 109 Å². The number of nitrogen functional groups attached to an aromatic ring is 1. The topological polar surface area (TPSA) is 30.9 Å². The number of benzene rings is 5. The van der Waals surface area contributed by atoms with Crippen LogP contribution in [-0.2, 0) is 0 Å². The van der Waals surface area contributed by atoms with Crippen LogP contribution in [0.3, 0.4) is 0 Å². The van der Waals surface area contributed by atoms with Crippen molar-refractivity contribution in [3.8, 4) is 27.9 Å². The molecule has 0 bridgehead atoms. The first-order chi connectivity index (χ1) is 16.2. The molecule has 33 heavy (non-hydrogen) atoms. The Morgan fingerprint density at radius 2 is 1.21 bits per heavy atom. The molecule has 158 valence electrons. The summed E-state index contributed by atoms with van der Waals surface area (Å²) in [6.45, 7) is 2.14. The Bertz CT molecular complexity index is 1620. The molecule has 0 fully saturated rings. The average Bonchev–Trinajstić information content (AvgIpc) is 3.19. The van der Waals surface area contributed by atoms with Crippen molar-refractivity contribution in [3.63, 3.8) is 0 Å². The van der Waals surface area contributed by atoms with E-state index >= 15 is 0 Å². The van der Waals surface area contributed by atoms with Gasteiger partial charge in [-0.05, 0) is 71.6 Å². The number of aryl methyl sites for hydroxylation is 1. The highest BCUT2D eigenvalue weighted by atomic mass is 15.0. The maximum atomic E-state index is 6.30. The number of para-hydroxylation sites is 3. The summed E-state index contributed by atoms with van der Waals surface area (Å²) in [6.07, 6.45) is 0. The predicted octanol–water partition coefficient (Wildman–Crippen LogP) is 8.01. The van der Waals surface area contributed by atoms with Crippen LogP contribution in [0, 0.1) is 6.92 Å². The van der Waals surface area contributed by atoms with Crippen LogP contribution in [0.25, 0.3) is 49.7 Å². The van der Waals surface area contributed by atoms with Gasteiger partial charge in [-0.2, -0.15) is 0 Å². The first-order valence-electron chi connectivity index (χ1n) is 11.3. The molecule has 0 atom stereocenters. The van der Waals surface area contributed by atoms with Crippen molar-refractivity contribution in [1.82, 2.24) is 4.57 Å². The third-order valence-electron chi connectivity index (χ3n) is 6.51. The van der Waals surface area contributed by atoms with Crippen molar-refractivity contribution in [3.05, 3.63) is 121 Å². The van der Waals surface area contributed by atoms with E-state index in [0.717, 1.165) is 11.3 Å². The van der Waals surface area contributed by atoms with Gasteiger partial charge in [0, 0.05) is 27.7 Å². The van der Waals surface area contributed by atoms with Crippen LogP contribution in [-0.4, -0.2) is 4.57 Å². The molecule has 0 aliphatic carbocycles. The van der Waals surface area contributed by atoms with Gasteiger partial charge in [0.25, 0.3) is 0 Å². The number of hydrogen-bond acceptors (Lipinski definition) is 1. The van der Waals surface area contributed by atoms with Crippen molar-refractivity contribution < 1.29 is 0 Å². The number of anilines is 1. The van der Waals surface area contributed by atoms with Crippen molar-refractivity contribution in [2.24, 2.45) is 0 Å². The summed E-state index contributed by atoms with van der Waals surface area (Å²) in [6, 6.07) is 40.7. The zero-order valence-electron chi connectivity index (χ0n) is 18.5. The van der Waals surface area contributed by atoms with Crippen LogP contribution in [0.5, 0.6) is 0 Å². The molecule has 1 heterocycles. The zero-order chi connectivity index (χ0) is 22.4. The Kier molecular flexibility index (Phi) is 4.51. The summed E-state index contributed by atoms with van der Waals surface area (Å²) in [4.78, 5) is 0. The third-order valence-corrected chi connectivity index (χ3v) is 6.51. The minimum atomic E-state index is 0.805. The fraction of sp³-hybridized carbons (Fsp3) is 0.0323. The Balaban J connectivity index is 1.57. The SMILES string of the molecule is Cc1ccc(-c2ccc3c(c2)c2ccccc2n3-c2ccccc2)cc1-c1ccccc1N. The highest BCUT2D eigenvalue weighted by Gasteiger charge is 2.14. The minimum absolute atomic E-state index is 0.805. The Morgan fingerprint density at radius 3 is 2.06 bits per heavy atom. The molecule has 6 aromatic rings. The summed E-state index contributed by atoms with van der Waals surface area (Å²) in [5.41, 5.74) is 16.6. The lowest BCUT2D eigenvalue weighted by Gasteiger charge is -2.12. The summed E-state index contributed by atoms with van der Waals surface area (Å²) >= 11 is 0. The summed E-state index contributed by atoms with van der Waals surface area (Å²) in [5.74, 6) is 0. The number of rotatable bonds is 3. The summed E-state index contributed by atoms with van der Waals surface area (Å²) in [7, 11) is 0. The van der Waals surface area contributed by atoms with E-state index in [1.54, 1.807) is 0 Å². The molecular weight excluding hydrogens is 400 g/mol. The van der Waals surface area contributed by atoms with E-state index in [1.165, 1.54) is 49.7 Å². The van der Waals surface area contributed by atoms with Crippen LogP contribution < -0.4 is 5.73 Å². The van der Waals surface area contributed by atoms with Gasteiger partial charge in [0.15, 0.2) is 0 Å². The molecule has 2 nitrogen and oxygen atoms in total. The van der Waals surface area contributed by atoms with Crippen molar-refractivity contribution in [1.29, 1.82) is 0 Å². The maximum absolute atomic E-state index is 6.30. The first-order valence-corrected chi connectivity index (χ1v) is 11.3. The first kappa shape index (κ1) is 19.4. The molecule has 0 radical (unpaired) electrons. The van der Waals surface area contributed by atoms with Crippen LogP contribution in [0.2, 0.25) is 0 Å². The van der Waals surface area contributed by atoms with Crippen molar-refractivity contribution in [2.75, 3.05) is 5.73 Å². The molecule has 5 aromatic carbocycles. The van der Waals surface area contributed by atoms with Crippen LogP contribution >= 0.6 is 0 Å². The second kappa shape index (κ2) is 7.68. The highest BCUT2D eigenvalue weighted by Crippen LogP contribution is 2.37. The largest absolute Gasteiger partial charge is 0.398 e. The Hall–Kier alpha value is -4.30. The van der Waals surface area contributed by atoms with Gasteiger partial charge in [0.05, 0.1) is 11.0 Å². The molecular formula is C31H24N2. The van der Waals surface area contributed by atoms with E-state index in [1.807, 2.05) is 18.2 Å². The highest BCUT2D eigenvalue weighted by molar-refractivity contribution is 6.10. The maximum Gasteiger partial charge on any atom is 0.0541 e. The summed E-state index contributed by atoms with van der Waals surface area (Å²) in [5, 5.41) is 2.52. The minimum Gasteiger partial charge on any atom is -0.398 e. The molecule has 0 saturated carbocycles. The molecule has 0 unspecified atom stereocenters. The standard InChI is InChI=1S/C31H24N2/c1-21-15-16-22(19-27(21)25-11-5-7-13-29(25)32)23-17-18-31-28(20-23)26-12-6-8-14-30(26)33(31)24-9-3-2-4-10-24/h2-20H,32H2,1H3. The van der Waals surface area contributed by atoms with Gasteiger partial charge in [0.1, 0.15) is 0 Å². The molecule has 0 amide bonds. The molecule has 2 N–H and O–H groups in total. The van der Waals surface area contributed by atoms with Gasteiger partial charge in [0.2, 0.25) is 0 Å². The number of nitrogens with zero attached hydrogens (tertiary/aromatic N) is 1. The zero-order valence-corrected chi connectivity index (χ0v) is 18.5. The number of nitrogens with two attached hydrogens (primary N) is 1. The fourth-order valence-electron chi connectivity index (χ4n) is 4.84. The lowest BCUT2D eigenvalue weighted by molar-refractivity contribution is 1.18. The normalized spacial score (nSPS) is 11.3. The van der Waals surface area contributed by atoms with E-state index in [4.69, 9.17) is 5.73 Å². The third kappa shape index (κ3) is 3.19. The van der Waals surface area contributed by atoms with Gasteiger partial charge in [-0.25, -0.2) is 0 Å². The molecule has 0 aliphatic heterocycles. The number of aromatic nitrogens is 1. The van der Waals surface area contributed by atoms with Crippen LogP contribution in [0.15, 0.2) is 115 Å². The van der Waals surface area contributed by atoms with E-state index in [9.17, 15) is 0 Å². The number of hydrogen-bond donors (Lipinski definition) is 1. The van der Waals surface area contributed by atoms with Gasteiger partial charge in [-0.3, -0.25) is 0 Å². The van der Waals surface area contributed by atoms with Crippen molar-refractivity contribution in [2.45, 2.75) is 6.92 Å². The number of fused-ring (bicyclic) bond motifs is 3. The van der Waals surface area contributed by atoms with Gasteiger partial charge < -0.3 is 10.3 Å². The monoisotopic (exact) mass is 424 g/mol. The lowest BCUT2D eigenvalue weighted by atomic mass is 9.94.